The van der Waals surface area contributed by atoms with E-state index in [1.54, 1.807) is 24.0 Å². The number of rotatable bonds is 7. The first-order valence-corrected chi connectivity index (χ1v) is 12.0. The van der Waals surface area contributed by atoms with Crippen LogP contribution in [-0.2, 0) is 15.6 Å². The fourth-order valence-corrected chi connectivity index (χ4v) is 5.62. The summed E-state index contributed by atoms with van der Waals surface area (Å²) in [6.45, 7) is 1.90. The SMILES string of the molecule is Cc1cn(-c2ccc(C(=O)NC3(c4csc(NS(=O)(=O)C5CC5)n4)CC3)nc2)cn1. The van der Waals surface area contributed by atoms with Crippen molar-refractivity contribution in [1.82, 2.24) is 24.8 Å². The predicted molar refractivity (Wildman–Crippen MR) is 112 cm³/mol. The Kier molecular flexibility index (Phi) is 4.40. The molecule has 156 valence electrons. The number of carbonyl (C=O) groups excluding carboxylic acids is 1. The van der Waals surface area contributed by atoms with Crippen LogP contribution in [-0.4, -0.2) is 39.1 Å². The molecule has 0 atom stereocenters. The third-order valence-corrected chi connectivity index (χ3v) is 7.99. The largest absolute Gasteiger partial charge is 0.340 e. The van der Waals surface area contributed by atoms with Crippen LogP contribution in [0.2, 0.25) is 0 Å². The highest BCUT2D eigenvalue weighted by atomic mass is 32.2. The smallest absolute Gasteiger partial charge is 0.270 e. The first kappa shape index (κ1) is 19.2. The molecule has 30 heavy (non-hydrogen) atoms. The van der Waals surface area contributed by atoms with Crippen molar-refractivity contribution in [1.29, 1.82) is 0 Å². The van der Waals surface area contributed by atoms with Crippen LogP contribution in [0, 0.1) is 6.92 Å². The number of nitrogens with zero attached hydrogens (tertiary/aromatic N) is 4. The summed E-state index contributed by atoms with van der Waals surface area (Å²) in [4.78, 5) is 25.6. The summed E-state index contributed by atoms with van der Waals surface area (Å²) in [5, 5.41) is 4.86. The molecular formula is C19H20N6O3S2. The summed E-state index contributed by atoms with van der Waals surface area (Å²) in [5.74, 6) is -0.283. The van der Waals surface area contributed by atoms with Gasteiger partial charge in [-0.15, -0.1) is 11.3 Å². The van der Waals surface area contributed by atoms with E-state index >= 15 is 0 Å². The van der Waals surface area contributed by atoms with E-state index in [1.165, 1.54) is 11.3 Å². The number of nitrogens with one attached hydrogen (secondary N) is 2. The van der Waals surface area contributed by atoms with Gasteiger partial charge >= 0.3 is 0 Å². The lowest BCUT2D eigenvalue weighted by molar-refractivity contribution is 0.0925. The van der Waals surface area contributed by atoms with Crippen LogP contribution in [0.1, 0.15) is 47.6 Å². The molecule has 2 N–H and O–H groups in total. The van der Waals surface area contributed by atoms with Crippen LogP contribution in [0.15, 0.2) is 36.2 Å². The molecule has 0 aliphatic heterocycles. The zero-order chi connectivity index (χ0) is 20.9. The van der Waals surface area contributed by atoms with Crippen LogP contribution >= 0.6 is 11.3 Å². The van der Waals surface area contributed by atoms with Crippen LogP contribution in [0.5, 0.6) is 0 Å². The summed E-state index contributed by atoms with van der Waals surface area (Å²) in [7, 11) is -3.35. The van der Waals surface area contributed by atoms with E-state index in [0.717, 1.165) is 24.2 Å². The molecule has 0 bridgehead atoms. The van der Waals surface area contributed by atoms with Gasteiger partial charge < -0.3 is 9.88 Å². The number of pyridine rings is 1. The number of hydrogen-bond donors (Lipinski definition) is 2. The molecule has 11 heteroatoms. The number of hydrogen-bond acceptors (Lipinski definition) is 7. The quantitative estimate of drug-likeness (QED) is 0.577. The highest BCUT2D eigenvalue weighted by Gasteiger charge is 2.48. The number of imidazole rings is 1. The van der Waals surface area contributed by atoms with Crippen molar-refractivity contribution in [3.8, 4) is 5.69 Å². The topological polar surface area (TPSA) is 119 Å². The second-order valence-electron chi connectivity index (χ2n) is 7.74. The predicted octanol–water partition coefficient (Wildman–Crippen LogP) is 2.36. The van der Waals surface area contributed by atoms with Gasteiger partial charge in [0.05, 0.1) is 40.4 Å². The third kappa shape index (κ3) is 3.70. The first-order chi connectivity index (χ1) is 14.3. The standard InChI is InChI=1S/C19H20N6O3S2/c1-12-9-25(11-21-12)13-2-5-15(20-8-13)17(26)23-19(6-7-19)16-10-29-18(22-16)24-30(27,28)14-3-4-14/h2,5,8-11,14H,3-4,6-7H2,1H3,(H,22,24)(H,23,26). The van der Waals surface area contributed by atoms with Crippen molar-refractivity contribution in [2.45, 2.75) is 43.4 Å². The van der Waals surface area contributed by atoms with E-state index < -0.39 is 15.6 Å². The fraction of sp³-hybridized carbons (Fsp3) is 0.368. The minimum atomic E-state index is -3.35. The molecule has 0 saturated heterocycles. The van der Waals surface area contributed by atoms with E-state index in [-0.39, 0.29) is 11.2 Å². The molecule has 2 fully saturated rings. The fourth-order valence-electron chi connectivity index (χ4n) is 3.21. The van der Waals surface area contributed by atoms with Gasteiger partial charge in [-0.25, -0.2) is 23.4 Å². The summed E-state index contributed by atoms with van der Waals surface area (Å²) in [6.07, 6.45) is 8.10. The van der Waals surface area contributed by atoms with Crippen molar-refractivity contribution < 1.29 is 13.2 Å². The third-order valence-electron chi connectivity index (χ3n) is 5.28. The maximum absolute atomic E-state index is 12.7. The highest BCUT2D eigenvalue weighted by Crippen LogP contribution is 2.46. The molecule has 0 aromatic carbocycles. The summed E-state index contributed by atoms with van der Waals surface area (Å²) >= 11 is 1.24. The summed E-state index contributed by atoms with van der Waals surface area (Å²) < 4.78 is 28.6. The van der Waals surface area contributed by atoms with Gasteiger partial charge in [-0.2, -0.15) is 0 Å². The molecule has 2 aliphatic rings. The van der Waals surface area contributed by atoms with Gasteiger partial charge in [0.2, 0.25) is 10.0 Å². The van der Waals surface area contributed by atoms with Crippen LogP contribution in [0.25, 0.3) is 5.69 Å². The van der Waals surface area contributed by atoms with Gasteiger partial charge in [-0.1, -0.05) is 0 Å². The first-order valence-electron chi connectivity index (χ1n) is 9.62. The molecule has 0 radical (unpaired) electrons. The molecule has 3 heterocycles. The van der Waals surface area contributed by atoms with Gasteiger partial charge in [-0.3, -0.25) is 9.52 Å². The number of anilines is 1. The Morgan fingerprint density at radius 2 is 2.07 bits per heavy atom. The van der Waals surface area contributed by atoms with Crippen LogP contribution in [0.3, 0.4) is 0 Å². The Bertz CT molecular complexity index is 1210. The Balaban J connectivity index is 1.28. The lowest BCUT2D eigenvalue weighted by Crippen LogP contribution is -2.35. The molecule has 2 saturated carbocycles. The number of sulfonamides is 1. The zero-order valence-electron chi connectivity index (χ0n) is 16.2. The van der Waals surface area contributed by atoms with Crippen molar-refractivity contribution in [2.24, 2.45) is 0 Å². The molecule has 0 spiro atoms. The number of carbonyl (C=O) groups is 1. The van der Waals surface area contributed by atoms with Crippen molar-refractivity contribution in [2.75, 3.05) is 4.72 Å². The van der Waals surface area contributed by atoms with Gasteiger partial charge in [0.15, 0.2) is 5.13 Å². The average Bonchev–Trinajstić information content (AvgIpc) is 3.63. The number of thiazole rings is 1. The molecular weight excluding hydrogens is 424 g/mol. The van der Waals surface area contributed by atoms with Crippen LogP contribution in [0.4, 0.5) is 5.13 Å². The molecule has 3 aromatic rings. The van der Waals surface area contributed by atoms with E-state index in [1.807, 2.05) is 23.8 Å². The maximum atomic E-state index is 12.7. The Labute approximate surface area is 177 Å². The minimum absolute atomic E-state index is 0.283. The molecule has 1 amide bonds. The van der Waals surface area contributed by atoms with Crippen molar-refractivity contribution in [3.05, 3.63) is 53.3 Å². The van der Waals surface area contributed by atoms with Crippen molar-refractivity contribution >= 4 is 32.4 Å². The van der Waals surface area contributed by atoms with Gasteiger partial charge in [0, 0.05) is 11.6 Å². The zero-order valence-corrected chi connectivity index (χ0v) is 17.8. The summed E-state index contributed by atoms with van der Waals surface area (Å²) in [6, 6.07) is 3.49. The van der Waals surface area contributed by atoms with Gasteiger partial charge in [0.25, 0.3) is 5.91 Å². The molecule has 0 unspecified atom stereocenters. The van der Waals surface area contributed by atoms with Crippen molar-refractivity contribution in [3.63, 3.8) is 0 Å². The summed E-state index contributed by atoms with van der Waals surface area (Å²) in [5.41, 5.74) is 2.15. The lowest BCUT2D eigenvalue weighted by Gasteiger charge is -2.15. The highest BCUT2D eigenvalue weighted by molar-refractivity contribution is 7.93. The monoisotopic (exact) mass is 444 g/mol. The Morgan fingerprint density at radius 3 is 2.67 bits per heavy atom. The van der Waals surface area contributed by atoms with E-state index in [0.29, 0.717) is 29.4 Å². The molecule has 9 nitrogen and oxygen atoms in total. The Hall–Kier alpha value is -2.79. The van der Waals surface area contributed by atoms with E-state index in [2.05, 4.69) is 25.0 Å². The normalized spacial score (nSPS) is 17.5. The van der Waals surface area contributed by atoms with E-state index in [4.69, 9.17) is 0 Å². The maximum Gasteiger partial charge on any atom is 0.270 e. The second-order valence-corrected chi connectivity index (χ2v) is 10.6. The second kappa shape index (κ2) is 6.88. The van der Waals surface area contributed by atoms with Gasteiger partial charge in [0.1, 0.15) is 5.69 Å². The molecule has 3 aromatic heterocycles. The molecule has 2 aliphatic carbocycles. The number of aromatic nitrogens is 4. The van der Waals surface area contributed by atoms with E-state index in [9.17, 15) is 13.2 Å². The number of amides is 1. The minimum Gasteiger partial charge on any atom is -0.340 e. The average molecular weight is 445 g/mol. The van der Waals surface area contributed by atoms with Crippen LogP contribution < -0.4 is 10.0 Å². The number of aryl methyl sites for hydroxylation is 1. The lowest BCUT2D eigenvalue weighted by atomic mass is 10.2. The Morgan fingerprint density at radius 1 is 1.27 bits per heavy atom. The van der Waals surface area contributed by atoms with Gasteiger partial charge in [-0.05, 0) is 44.7 Å². The molecule has 5 rings (SSSR count).